The van der Waals surface area contributed by atoms with Crippen LogP contribution in [0.15, 0.2) is 53.5 Å². The molecule has 1 aliphatic rings. The summed E-state index contributed by atoms with van der Waals surface area (Å²) in [5, 5.41) is 15.2. The number of alkyl halides is 1. The number of likely N-dealkylation sites (tertiary alicyclic amines) is 1. The van der Waals surface area contributed by atoms with Gasteiger partial charge >= 0.3 is 0 Å². The molecule has 3 rings (SSSR count). The molecule has 2 aromatic carbocycles. The number of nitrogens with one attached hydrogen (secondary N) is 1. The third-order valence-electron chi connectivity index (χ3n) is 7.00. The molecule has 200 valence electrons. The summed E-state index contributed by atoms with van der Waals surface area (Å²) in [4.78, 5) is 32.5. The Bertz CT molecular complexity index is 1120. The fourth-order valence-electron chi connectivity index (χ4n) is 4.74. The lowest BCUT2D eigenvalue weighted by atomic mass is 9.66. The van der Waals surface area contributed by atoms with Gasteiger partial charge in [0.1, 0.15) is 6.04 Å². The summed E-state index contributed by atoms with van der Waals surface area (Å²) in [5.41, 5.74) is 11.5. The van der Waals surface area contributed by atoms with Crippen molar-refractivity contribution in [1.29, 1.82) is 0 Å². The fraction of sp³-hybridized carbons (Fsp3) is 0.444. The maximum Gasteiger partial charge on any atom is 0.251 e. The first kappa shape index (κ1) is 29.2. The van der Waals surface area contributed by atoms with Gasteiger partial charge in [0.15, 0.2) is 5.96 Å². The molecule has 1 saturated heterocycles. The van der Waals surface area contributed by atoms with Crippen molar-refractivity contribution in [2.75, 3.05) is 19.6 Å². The van der Waals surface area contributed by atoms with Gasteiger partial charge in [0.25, 0.3) is 5.91 Å². The number of hydrogen-bond acceptors (Lipinski definition) is 4. The molecule has 2 amide bonds. The molecule has 1 fully saturated rings. The van der Waals surface area contributed by atoms with Crippen LogP contribution in [0.25, 0.3) is 0 Å². The molecule has 6 N–H and O–H groups in total. The van der Waals surface area contributed by atoms with E-state index < -0.39 is 17.1 Å². The zero-order chi connectivity index (χ0) is 27.2. The normalized spacial score (nSPS) is 19.6. The minimum absolute atomic E-state index is 0.0125. The van der Waals surface area contributed by atoms with Gasteiger partial charge in [-0.05, 0) is 54.7 Å². The molecule has 2 atom stereocenters. The van der Waals surface area contributed by atoms with Crippen molar-refractivity contribution in [3.63, 3.8) is 0 Å². The predicted molar refractivity (Wildman–Crippen MR) is 156 cm³/mol. The van der Waals surface area contributed by atoms with Gasteiger partial charge in [0, 0.05) is 40.1 Å². The van der Waals surface area contributed by atoms with Crippen LogP contribution < -0.4 is 16.8 Å². The molecule has 1 aliphatic heterocycles. The van der Waals surface area contributed by atoms with Crippen molar-refractivity contribution in [2.24, 2.45) is 21.9 Å². The van der Waals surface area contributed by atoms with Crippen LogP contribution in [0.4, 0.5) is 0 Å². The van der Waals surface area contributed by atoms with Crippen LogP contribution in [0.5, 0.6) is 0 Å². The first-order chi connectivity index (χ1) is 17.5. The van der Waals surface area contributed by atoms with E-state index in [2.05, 4.69) is 32.9 Å². The summed E-state index contributed by atoms with van der Waals surface area (Å²) in [7, 11) is 0. The van der Waals surface area contributed by atoms with Gasteiger partial charge in [-0.3, -0.25) is 14.6 Å². The predicted octanol–water partition coefficient (Wildman–Crippen LogP) is 3.57. The average Bonchev–Trinajstić information content (AvgIpc) is 2.87. The van der Waals surface area contributed by atoms with Crippen LogP contribution in [-0.2, 0) is 14.8 Å². The maximum atomic E-state index is 13.7. The second kappa shape index (κ2) is 12.4. The number of amides is 2. The number of halogens is 2. The molecule has 1 heterocycles. The van der Waals surface area contributed by atoms with Gasteiger partial charge in [-0.1, -0.05) is 72.3 Å². The van der Waals surface area contributed by atoms with Crippen LogP contribution >= 0.6 is 34.2 Å². The summed E-state index contributed by atoms with van der Waals surface area (Å²) in [5.74, 6) is -0.510. The Hall–Kier alpha value is -2.37. The van der Waals surface area contributed by atoms with Crippen LogP contribution in [0.2, 0.25) is 5.02 Å². The van der Waals surface area contributed by atoms with Gasteiger partial charge in [0.05, 0.1) is 5.60 Å². The van der Waals surface area contributed by atoms with Gasteiger partial charge in [0.2, 0.25) is 5.91 Å². The summed E-state index contributed by atoms with van der Waals surface area (Å²) >= 11 is 8.31. The van der Waals surface area contributed by atoms with Gasteiger partial charge in [-0.15, -0.1) is 0 Å². The smallest absolute Gasteiger partial charge is 0.251 e. The van der Waals surface area contributed by atoms with Gasteiger partial charge in [-0.2, -0.15) is 0 Å². The highest BCUT2D eigenvalue weighted by atomic mass is 127. The molecule has 10 heteroatoms. The third-order valence-corrected chi connectivity index (χ3v) is 8.13. The number of nitrogens with two attached hydrogens (primary N) is 2. The second-order valence-electron chi connectivity index (χ2n) is 10.1. The number of aliphatic imine (C=N–C) groups is 1. The van der Waals surface area contributed by atoms with Crippen molar-refractivity contribution in [2.45, 2.75) is 49.2 Å². The quantitative estimate of drug-likeness (QED) is 0.109. The Balaban J connectivity index is 1.77. The van der Waals surface area contributed by atoms with E-state index in [9.17, 15) is 14.7 Å². The largest absolute Gasteiger partial charge is 0.384 e. The monoisotopic (exact) mass is 639 g/mol. The van der Waals surface area contributed by atoms with E-state index >= 15 is 0 Å². The van der Waals surface area contributed by atoms with E-state index in [0.29, 0.717) is 49.5 Å². The molecule has 0 saturated carbocycles. The van der Waals surface area contributed by atoms with Gasteiger partial charge in [-0.25, -0.2) is 0 Å². The van der Waals surface area contributed by atoms with Crippen molar-refractivity contribution < 1.29 is 14.7 Å². The van der Waals surface area contributed by atoms with E-state index in [-0.39, 0.29) is 17.8 Å². The summed E-state index contributed by atoms with van der Waals surface area (Å²) < 4.78 is 0.846. The molecule has 0 radical (unpaired) electrons. The Labute approximate surface area is 237 Å². The molecule has 2 aromatic rings. The first-order valence-electron chi connectivity index (χ1n) is 12.3. The average molecular weight is 640 g/mol. The fourth-order valence-corrected chi connectivity index (χ4v) is 5.37. The molecule has 0 spiro atoms. The summed E-state index contributed by atoms with van der Waals surface area (Å²) in [6.45, 7) is 4.93. The van der Waals surface area contributed by atoms with Crippen molar-refractivity contribution in [1.82, 2.24) is 10.2 Å². The molecule has 0 aliphatic carbocycles. The minimum Gasteiger partial charge on any atom is -0.384 e. The van der Waals surface area contributed by atoms with Crippen LogP contribution in [0.3, 0.4) is 0 Å². The number of carbonyl (C=O) groups is 2. The zero-order valence-electron chi connectivity index (χ0n) is 21.2. The molecule has 8 nitrogen and oxygen atoms in total. The Kier molecular flexibility index (Phi) is 9.82. The topological polar surface area (TPSA) is 134 Å². The number of benzene rings is 2. The highest BCUT2D eigenvalue weighted by Crippen LogP contribution is 2.46. The molecular weight excluding hydrogens is 605 g/mol. The highest BCUT2D eigenvalue weighted by Gasteiger charge is 2.50. The SMILES string of the molecule is CC1(C)CN(C(=O)[C@@H](CCCN=C(N)N)NC(=O)c2ccc(CI)cc2)CC[C@]1(O)c1ccc(Cl)cc1. The Morgan fingerprint density at radius 1 is 1.16 bits per heavy atom. The Morgan fingerprint density at radius 3 is 2.38 bits per heavy atom. The molecule has 37 heavy (non-hydrogen) atoms. The standard InChI is InChI=1S/C27H35ClIN5O3/c1-26(2)17-34(15-13-27(26,37)20-9-11-21(28)12-10-20)24(36)22(4-3-14-32-25(30)31)33-23(35)19-7-5-18(16-29)6-8-19/h5-12,22,37H,3-4,13-17H2,1-2H3,(H,33,35)(H4,30,31,32)/t22-,27+/m1/s1. The zero-order valence-corrected chi connectivity index (χ0v) is 24.1. The summed E-state index contributed by atoms with van der Waals surface area (Å²) in [6.07, 6.45) is 1.26. The van der Waals surface area contributed by atoms with Crippen molar-refractivity contribution >= 4 is 52.0 Å². The number of guanidine groups is 1. The van der Waals surface area contributed by atoms with E-state index in [1.807, 2.05) is 38.1 Å². The number of piperidine rings is 1. The molecular formula is C27H35ClIN5O3. The first-order valence-corrected chi connectivity index (χ1v) is 14.2. The number of hydrogen-bond donors (Lipinski definition) is 4. The van der Waals surface area contributed by atoms with Crippen molar-refractivity contribution in [3.8, 4) is 0 Å². The van der Waals surface area contributed by atoms with Crippen LogP contribution in [0, 0.1) is 5.41 Å². The highest BCUT2D eigenvalue weighted by molar-refractivity contribution is 14.1. The summed E-state index contributed by atoms with van der Waals surface area (Å²) in [6, 6.07) is 13.8. The number of nitrogens with zero attached hydrogens (tertiary/aromatic N) is 2. The van der Waals surface area contributed by atoms with E-state index in [1.165, 1.54) is 0 Å². The lowest BCUT2D eigenvalue weighted by molar-refractivity contribution is -0.154. The Morgan fingerprint density at radius 2 is 1.81 bits per heavy atom. The molecule has 0 bridgehead atoms. The van der Waals surface area contributed by atoms with E-state index in [0.717, 1.165) is 15.6 Å². The number of rotatable bonds is 9. The molecule has 0 aromatic heterocycles. The van der Waals surface area contributed by atoms with Crippen LogP contribution in [0.1, 0.15) is 54.6 Å². The number of aliphatic hydroxyl groups is 1. The molecule has 0 unspecified atom stereocenters. The van der Waals surface area contributed by atoms with E-state index in [4.69, 9.17) is 23.1 Å². The lowest BCUT2D eigenvalue weighted by Gasteiger charge is -2.51. The third kappa shape index (κ3) is 7.14. The number of carbonyl (C=O) groups excluding carboxylic acids is 2. The second-order valence-corrected chi connectivity index (χ2v) is 11.3. The lowest BCUT2D eigenvalue weighted by Crippen LogP contribution is -2.59. The van der Waals surface area contributed by atoms with Gasteiger partial charge < -0.3 is 26.8 Å². The van der Waals surface area contributed by atoms with Crippen LogP contribution in [-0.4, -0.2) is 53.5 Å². The van der Waals surface area contributed by atoms with Crippen molar-refractivity contribution in [3.05, 3.63) is 70.2 Å². The maximum absolute atomic E-state index is 13.7. The van der Waals surface area contributed by atoms with E-state index in [1.54, 1.807) is 29.2 Å². The minimum atomic E-state index is -1.12.